The van der Waals surface area contributed by atoms with Crippen molar-refractivity contribution in [3.05, 3.63) is 64.2 Å². The van der Waals surface area contributed by atoms with Crippen LogP contribution in [-0.2, 0) is 6.54 Å². The normalized spacial score (nSPS) is 14.9. The number of benzene rings is 2. The number of nitrogens with zero attached hydrogens (tertiary/aromatic N) is 4. The first-order chi connectivity index (χ1) is 11.7. The number of piperazine rings is 1. The second kappa shape index (κ2) is 7.36. The van der Waals surface area contributed by atoms with Crippen LogP contribution in [0.15, 0.2) is 42.5 Å². The van der Waals surface area contributed by atoms with E-state index in [1.165, 1.54) is 5.56 Å². The molecular formula is C19H17ClN4. The average Bonchev–Trinajstić information content (AvgIpc) is 2.63. The Kier molecular flexibility index (Phi) is 5.01. The molecule has 2 aromatic carbocycles. The number of anilines is 1. The molecule has 0 N–H and O–H groups in total. The van der Waals surface area contributed by atoms with Crippen molar-refractivity contribution in [3.63, 3.8) is 0 Å². The third-order valence-electron chi connectivity index (χ3n) is 4.28. The van der Waals surface area contributed by atoms with E-state index in [1.54, 1.807) is 6.07 Å². The van der Waals surface area contributed by atoms with E-state index in [0.717, 1.165) is 38.4 Å². The Bertz CT molecular complexity index is 794. The van der Waals surface area contributed by atoms with Gasteiger partial charge < -0.3 is 4.90 Å². The Morgan fingerprint density at radius 2 is 1.62 bits per heavy atom. The fourth-order valence-corrected chi connectivity index (χ4v) is 3.14. The molecule has 24 heavy (non-hydrogen) atoms. The van der Waals surface area contributed by atoms with Gasteiger partial charge in [-0.05, 0) is 35.9 Å². The highest BCUT2D eigenvalue weighted by atomic mass is 35.5. The molecule has 1 fully saturated rings. The number of hydrogen-bond acceptors (Lipinski definition) is 4. The summed E-state index contributed by atoms with van der Waals surface area (Å²) in [6, 6.07) is 17.6. The maximum absolute atomic E-state index is 9.29. The molecular weight excluding hydrogens is 320 g/mol. The SMILES string of the molecule is N#Cc1ccc(CN2CCN(c3ccc(Cl)cc3C#N)CC2)cc1. The molecule has 0 radical (unpaired) electrons. The van der Waals surface area contributed by atoms with Crippen LogP contribution in [0.1, 0.15) is 16.7 Å². The van der Waals surface area contributed by atoms with Crippen LogP contribution in [0.25, 0.3) is 0 Å². The highest BCUT2D eigenvalue weighted by molar-refractivity contribution is 6.30. The molecule has 1 aliphatic heterocycles. The molecule has 2 aromatic rings. The highest BCUT2D eigenvalue weighted by Crippen LogP contribution is 2.25. The predicted molar refractivity (Wildman–Crippen MR) is 94.8 cm³/mol. The van der Waals surface area contributed by atoms with E-state index in [1.807, 2.05) is 36.4 Å². The first-order valence-electron chi connectivity index (χ1n) is 7.85. The molecule has 0 spiro atoms. The third-order valence-corrected chi connectivity index (χ3v) is 4.52. The molecule has 0 bridgehead atoms. The molecule has 0 unspecified atom stereocenters. The molecule has 5 heteroatoms. The zero-order chi connectivity index (χ0) is 16.9. The van der Waals surface area contributed by atoms with Crippen LogP contribution in [0.5, 0.6) is 0 Å². The van der Waals surface area contributed by atoms with Crippen molar-refractivity contribution >= 4 is 17.3 Å². The van der Waals surface area contributed by atoms with Crippen LogP contribution < -0.4 is 4.90 Å². The minimum atomic E-state index is 0.592. The second-order valence-electron chi connectivity index (χ2n) is 5.85. The van der Waals surface area contributed by atoms with Gasteiger partial charge in [0.25, 0.3) is 0 Å². The van der Waals surface area contributed by atoms with Gasteiger partial charge in [-0.1, -0.05) is 23.7 Å². The molecule has 1 saturated heterocycles. The summed E-state index contributed by atoms with van der Waals surface area (Å²) in [5.41, 5.74) is 3.49. The van der Waals surface area contributed by atoms with Gasteiger partial charge in [0.1, 0.15) is 6.07 Å². The monoisotopic (exact) mass is 336 g/mol. The van der Waals surface area contributed by atoms with Crippen molar-refractivity contribution < 1.29 is 0 Å². The summed E-state index contributed by atoms with van der Waals surface area (Å²) in [4.78, 5) is 4.63. The van der Waals surface area contributed by atoms with Crippen LogP contribution in [0.4, 0.5) is 5.69 Å². The quantitative estimate of drug-likeness (QED) is 0.862. The maximum Gasteiger partial charge on any atom is 0.101 e. The third kappa shape index (κ3) is 3.68. The Morgan fingerprint density at radius 3 is 2.25 bits per heavy atom. The van der Waals surface area contributed by atoms with Crippen molar-refractivity contribution in [1.29, 1.82) is 10.5 Å². The predicted octanol–water partition coefficient (Wildman–Crippen LogP) is 3.41. The van der Waals surface area contributed by atoms with E-state index in [2.05, 4.69) is 21.9 Å². The molecule has 4 nitrogen and oxygen atoms in total. The van der Waals surface area contributed by atoms with E-state index in [4.69, 9.17) is 16.9 Å². The van der Waals surface area contributed by atoms with Gasteiger partial charge in [0.2, 0.25) is 0 Å². The summed E-state index contributed by atoms with van der Waals surface area (Å²) < 4.78 is 0. The maximum atomic E-state index is 9.29. The van der Waals surface area contributed by atoms with Crippen molar-refractivity contribution in [2.24, 2.45) is 0 Å². The number of hydrogen-bond donors (Lipinski definition) is 0. The minimum absolute atomic E-state index is 0.592. The van der Waals surface area contributed by atoms with E-state index < -0.39 is 0 Å². The van der Waals surface area contributed by atoms with E-state index in [0.29, 0.717) is 16.1 Å². The van der Waals surface area contributed by atoms with Gasteiger partial charge in [-0.25, -0.2) is 0 Å². The lowest BCUT2D eigenvalue weighted by Crippen LogP contribution is -2.46. The summed E-state index contributed by atoms with van der Waals surface area (Å²) in [7, 11) is 0. The van der Waals surface area contributed by atoms with E-state index >= 15 is 0 Å². The molecule has 0 aromatic heterocycles. The minimum Gasteiger partial charge on any atom is -0.368 e. The van der Waals surface area contributed by atoms with Gasteiger partial charge >= 0.3 is 0 Å². The van der Waals surface area contributed by atoms with E-state index in [9.17, 15) is 5.26 Å². The Hall–Kier alpha value is -2.53. The molecule has 0 amide bonds. The zero-order valence-electron chi connectivity index (χ0n) is 13.2. The summed E-state index contributed by atoms with van der Waals surface area (Å²) in [5, 5.41) is 18.7. The summed E-state index contributed by atoms with van der Waals surface area (Å²) in [6.45, 7) is 4.52. The Balaban J connectivity index is 1.61. The summed E-state index contributed by atoms with van der Waals surface area (Å²) in [5.74, 6) is 0. The standard InChI is InChI=1S/C19H17ClN4/c20-18-5-6-19(17(11-18)13-22)24-9-7-23(8-10-24)14-16-3-1-15(12-21)2-4-16/h1-6,11H,7-10,14H2. The highest BCUT2D eigenvalue weighted by Gasteiger charge is 2.19. The average molecular weight is 337 g/mol. The lowest BCUT2D eigenvalue weighted by Gasteiger charge is -2.36. The lowest BCUT2D eigenvalue weighted by molar-refractivity contribution is 0.250. The fraction of sp³-hybridized carbons (Fsp3) is 0.263. The van der Waals surface area contributed by atoms with Crippen LogP contribution >= 0.6 is 11.6 Å². The second-order valence-corrected chi connectivity index (χ2v) is 6.28. The summed E-state index contributed by atoms with van der Waals surface area (Å²) in [6.07, 6.45) is 0. The molecule has 0 saturated carbocycles. The lowest BCUT2D eigenvalue weighted by atomic mass is 10.1. The largest absolute Gasteiger partial charge is 0.368 e. The number of rotatable bonds is 3. The van der Waals surface area contributed by atoms with Gasteiger partial charge in [-0.2, -0.15) is 10.5 Å². The first kappa shape index (κ1) is 16.3. The first-order valence-corrected chi connectivity index (χ1v) is 8.23. The number of nitriles is 2. The van der Waals surface area contributed by atoms with Crippen molar-refractivity contribution in [2.45, 2.75) is 6.54 Å². The van der Waals surface area contributed by atoms with Crippen molar-refractivity contribution in [1.82, 2.24) is 4.90 Å². The molecule has 0 atom stereocenters. The topological polar surface area (TPSA) is 54.1 Å². The van der Waals surface area contributed by atoms with Crippen molar-refractivity contribution in [3.8, 4) is 12.1 Å². The summed E-state index contributed by atoms with van der Waals surface area (Å²) >= 11 is 5.97. The van der Waals surface area contributed by atoms with Crippen LogP contribution in [-0.4, -0.2) is 31.1 Å². The smallest absolute Gasteiger partial charge is 0.101 e. The zero-order valence-corrected chi connectivity index (χ0v) is 14.0. The van der Waals surface area contributed by atoms with Crippen molar-refractivity contribution in [2.75, 3.05) is 31.1 Å². The van der Waals surface area contributed by atoms with Gasteiger partial charge in [0.05, 0.1) is 22.9 Å². The van der Waals surface area contributed by atoms with Gasteiger partial charge in [-0.3, -0.25) is 4.90 Å². The molecule has 3 rings (SSSR count). The van der Waals surface area contributed by atoms with Crippen LogP contribution in [0.3, 0.4) is 0 Å². The van der Waals surface area contributed by atoms with Crippen LogP contribution in [0, 0.1) is 22.7 Å². The number of halogens is 1. The molecule has 0 aliphatic carbocycles. The van der Waals surface area contributed by atoms with E-state index in [-0.39, 0.29) is 0 Å². The molecule has 1 heterocycles. The Labute approximate surface area is 147 Å². The van der Waals surface area contributed by atoms with Gasteiger partial charge in [0.15, 0.2) is 0 Å². The molecule has 120 valence electrons. The Morgan fingerprint density at radius 1 is 0.917 bits per heavy atom. The van der Waals surface area contributed by atoms with Crippen LogP contribution in [0.2, 0.25) is 5.02 Å². The van der Waals surface area contributed by atoms with Gasteiger partial charge in [0, 0.05) is 37.7 Å². The van der Waals surface area contributed by atoms with Gasteiger partial charge in [-0.15, -0.1) is 0 Å². The molecule has 1 aliphatic rings. The fourth-order valence-electron chi connectivity index (χ4n) is 2.96.